The van der Waals surface area contributed by atoms with Crippen molar-refractivity contribution in [2.45, 2.75) is 44.1 Å². The lowest BCUT2D eigenvalue weighted by molar-refractivity contribution is 0.391. The van der Waals surface area contributed by atoms with E-state index in [1.807, 2.05) is 0 Å². The van der Waals surface area contributed by atoms with Gasteiger partial charge in [-0.25, -0.2) is 0 Å². The van der Waals surface area contributed by atoms with Crippen molar-refractivity contribution >= 4 is 0 Å². The van der Waals surface area contributed by atoms with Crippen LogP contribution in [0.4, 0.5) is 0 Å². The monoisotopic (exact) mass is 256 g/mol. The molecule has 0 saturated heterocycles. The Labute approximate surface area is 115 Å². The lowest BCUT2D eigenvalue weighted by Crippen LogP contribution is -2.39. The molecule has 0 radical (unpaired) electrons. The highest BCUT2D eigenvalue weighted by Gasteiger charge is 2.59. The summed E-state index contributed by atoms with van der Waals surface area (Å²) >= 11 is 0. The number of nitrogens with one attached hydrogen (secondary N) is 1. The Morgan fingerprint density at radius 3 is 2.37 bits per heavy atom. The SMILES string of the molecule is NNC(C1CC1c1ccccc1)C1C2CCCCC21. The summed E-state index contributed by atoms with van der Waals surface area (Å²) in [6.07, 6.45) is 7.13. The van der Waals surface area contributed by atoms with Crippen molar-refractivity contribution in [3.63, 3.8) is 0 Å². The molecule has 0 bridgehead atoms. The fourth-order valence-electron chi connectivity index (χ4n) is 4.80. The minimum Gasteiger partial charge on any atom is -0.271 e. The van der Waals surface area contributed by atoms with E-state index in [1.165, 1.54) is 37.7 Å². The first kappa shape index (κ1) is 11.9. The molecule has 3 N–H and O–H groups in total. The molecule has 4 rings (SSSR count). The molecule has 0 spiro atoms. The molecule has 0 heterocycles. The molecule has 0 aliphatic heterocycles. The zero-order valence-corrected chi connectivity index (χ0v) is 11.5. The topological polar surface area (TPSA) is 38.0 Å². The Kier molecular flexibility index (Phi) is 2.89. The third-order valence-electron chi connectivity index (χ3n) is 5.86. The molecule has 3 aliphatic carbocycles. The number of rotatable bonds is 4. The number of hydrazine groups is 1. The third kappa shape index (κ3) is 2.02. The average Bonchev–Trinajstić information content (AvgIpc) is 3.37. The van der Waals surface area contributed by atoms with Gasteiger partial charge in [0.1, 0.15) is 0 Å². The van der Waals surface area contributed by atoms with Gasteiger partial charge in [-0.05, 0) is 54.4 Å². The quantitative estimate of drug-likeness (QED) is 0.642. The molecule has 0 aromatic heterocycles. The Bertz CT molecular complexity index is 432. The summed E-state index contributed by atoms with van der Waals surface area (Å²) < 4.78 is 0. The van der Waals surface area contributed by atoms with Gasteiger partial charge in [0.2, 0.25) is 0 Å². The molecule has 2 nitrogen and oxygen atoms in total. The van der Waals surface area contributed by atoms with E-state index in [-0.39, 0.29) is 0 Å². The zero-order valence-electron chi connectivity index (χ0n) is 11.5. The van der Waals surface area contributed by atoms with Gasteiger partial charge in [-0.1, -0.05) is 43.2 Å². The number of benzene rings is 1. The van der Waals surface area contributed by atoms with Crippen molar-refractivity contribution in [3.8, 4) is 0 Å². The summed E-state index contributed by atoms with van der Waals surface area (Å²) in [4.78, 5) is 0. The number of hydrogen-bond donors (Lipinski definition) is 2. The largest absolute Gasteiger partial charge is 0.271 e. The van der Waals surface area contributed by atoms with Crippen LogP contribution in [0.25, 0.3) is 0 Å². The van der Waals surface area contributed by atoms with E-state index in [4.69, 9.17) is 5.84 Å². The Balaban J connectivity index is 1.45. The maximum Gasteiger partial charge on any atom is 0.0278 e. The van der Waals surface area contributed by atoms with Gasteiger partial charge in [-0.3, -0.25) is 11.3 Å². The van der Waals surface area contributed by atoms with Crippen LogP contribution in [0.1, 0.15) is 43.6 Å². The van der Waals surface area contributed by atoms with Gasteiger partial charge < -0.3 is 0 Å². The van der Waals surface area contributed by atoms with Crippen LogP contribution in [-0.4, -0.2) is 6.04 Å². The molecule has 3 aliphatic rings. The second-order valence-corrected chi connectivity index (χ2v) is 6.80. The first-order valence-electron chi connectivity index (χ1n) is 7.91. The van der Waals surface area contributed by atoms with Crippen LogP contribution in [0.5, 0.6) is 0 Å². The van der Waals surface area contributed by atoms with Gasteiger partial charge in [-0.2, -0.15) is 0 Å². The molecule has 3 saturated carbocycles. The van der Waals surface area contributed by atoms with E-state index in [0.29, 0.717) is 6.04 Å². The van der Waals surface area contributed by atoms with E-state index in [1.54, 1.807) is 0 Å². The minimum atomic E-state index is 0.568. The van der Waals surface area contributed by atoms with Gasteiger partial charge in [0, 0.05) is 6.04 Å². The van der Waals surface area contributed by atoms with Gasteiger partial charge in [0.25, 0.3) is 0 Å². The van der Waals surface area contributed by atoms with Gasteiger partial charge in [0.05, 0.1) is 0 Å². The highest BCUT2D eigenvalue weighted by molar-refractivity contribution is 5.27. The highest BCUT2D eigenvalue weighted by Crippen LogP contribution is 2.62. The van der Waals surface area contributed by atoms with E-state index in [0.717, 1.165) is 29.6 Å². The van der Waals surface area contributed by atoms with Crippen molar-refractivity contribution in [2.75, 3.05) is 0 Å². The summed E-state index contributed by atoms with van der Waals surface area (Å²) in [5, 5.41) is 0. The molecule has 0 amide bonds. The Morgan fingerprint density at radius 1 is 1.05 bits per heavy atom. The van der Waals surface area contributed by atoms with Crippen molar-refractivity contribution in [2.24, 2.45) is 29.5 Å². The Morgan fingerprint density at radius 2 is 1.74 bits per heavy atom. The fraction of sp³-hybridized carbons (Fsp3) is 0.647. The van der Waals surface area contributed by atoms with Crippen LogP contribution >= 0.6 is 0 Å². The molecule has 3 fully saturated rings. The number of hydrogen-bond acceptors (Lipinski definition) is 2. The number of nitrogens with two attached hydrogens (primary N) is 1. The van der Waals surface area contributed by atoms with E-state index >= 15 is 0 Å². The standard InChI is InChI=1S/C17H24N2/c18-19-17(16-12-8-4-5-9-13(12)16)15-10-14(15)11-6-2-1-3-7-11/h1-3,6-7,12-17,19H,4-5,8-10,18H2. The fourth-order valence-corrected chi connectivity index (χ4v) is 4.80. The molecule has 5 atom stereocenters. The van der Waals surface area contributed by atoms with Crippen LogP contribution < -0.4 is 11.3 Å². The van der Waals surface area contributed by atoms with Crippen LogP contribution in [0.3, 0.4) is 0 Å². The average molecular weight is 256 g/mol. The van der Waals surface area contributed by atoms with Gasteiger partial charge >= 0.3 is 0 Å². The van der Waals surface area contributed by atoms with Crippen LogP contribution in [0.2, 0.25) is 0 Å². The van der Waals surface area contributed by atoms with E-state index in [9.17, 15) is 0 Å². The lowest BCUT2D eigenvalue weighted by atomic mass is 10.0. The molecule has 5 unspecified atom stereocenters. The summed E-state index contributed by atoms with van der Waals surface area (Å²) in [7, 11) is 0. The molecular weight excluding hydrogens is 232 g/mol. The smallest absolute Gasteiger partial charge is 0.0278 e. The maximum atomic E-state index is 5.90. The third-order valence-corrected chi connectivity index (χ3v) is 5.86. The van der Waals surface area contributed by atoms with Crippen molar-refractivity contribution in [1.29, 1.82) is 0 Å². The molecule has 102 valence electrons. The minimum absolute atomic E-state index is 0.568. The van der Waals surface area contributed by atoms with Crippen molar-refractivity contribution in [3.05, 3.63) is 35.9 Å². The van der Waals surface area contributed by atoms with Crippen LogP contribution in [0.15, 0.2) is 30.3 Å². The van der Waals surface area contributed by atoms with Crippen LogP contribution in [0, 0.1) is 23.7 Å². The highest BCUT2D eigenvalue weighted by atomic mass is 15.2. The molecular formula is C17H24N2. The molecule has 19 heavy (non-hydrogen) atoms. The second kappa shape index (κ2) is 4.60. The summed E-state index contributed by atoms with van der Waals surface area (Å²) in [6.45, 7) is 0. The maximum absolute atomic E-state index is 5.90. The Hall–Kier alpha value is -0.860. The van der Waals surface area contributed by atoms with Crippen molar-refractivity contribution < 1.29 is 0 Å². The molecule has 2 heteroatoms. The summed E-state index contributed by atoms with van der Waals surface area (Å²) in [6, 6.07) is 11.5. The summed E-state index contributed by atoms with van der Waals surface area (Å²) in [5.74, 6) is 10.3. The number of fused-ring (bicyclic) bond motifs is 1. The predicted octanol–water partition coefficient (Wildman–Crippen LogP) is 3.06. The van der Waals surface area contributed by atoms with E-state index < -0.39 is 0 Å². The van der Waals surface area contributed by atoms with Crippen molar-refractivity contribution in [1.82, 2.24) is 5.43 Å². The normalized spacial score (nSPS) is 41.4. The predicted molar refractivity (Wildman–Crippen MR) is 77.3 cm³/mol. The summed E-state index contributed by atoms with van der Waals surface area (Å²) in [5.41, 5.74) is 4.69. The second-order valence-electron chi connectivity index (χ2n) is 6.80. The van der Waals surface area contributed by atoms with Gasteiger partial charge in [0.15, 0.2) is 0 Å². The van der Waals surface area contributed by atoms with Gasteiger partial charge in [-0.15, -0.1) is 0 Å². The van der Waals surface area contributed by atoms with Crippen LogP contribution in [-0.2, 0) is 0 Å². The lowest BCUT2D eigenvalue weighted by Gasteiger charge is -2.16. The van der Waals surface area contributed by atoms with E-state index in [2.05, 4.69) is 35.8 Å². The molecule has 1 aromatic rings. The first-order chi connectivity index (χ1) is 9.40. The first-order valence-corrected chi connectivity index (χ1v) is 7.91. The zero-order chi connectivity index (χ0) is 12.8. The molecule has 1 aromatic carbocycles.